The van der Waals surface area contributed by atoms with Gasteiger partial charge in [-0.15, -0.1) is 0 Å². The maximum atomic E-state index is 6.55. The van der Waals surface area contributed by atoms with E-state index >= 15 is 0 Å². The van der Waals surface area contributed by atoms with Crippen LogP contribution in [0.15, 0.2) is 0 Å². The monoisotopic (exact) mass is 482 g/mol. The zero-order chi connectivity index (χ0) is 25.3. The lowest BCUT2D eigenvalue weighted by molar-refractivity contribution is -0.295. The molecule has 0 aromatic rings. The van der Waals surface area contributed by atoms with Crippen molar-refractivity contribution in [2.75, 3.05) is 13.2 Å². The van der Waals surface area contributed by atoms with Gasteiger partial charge in [-0.05, 0) is 54.8 Å². The molecule has 200 valence electrons. The minimum absolute atomic E-state index is 0.00398. The molecule has 0 N–H and O–H groups in total. The van der Waals surface area contributed by atoms with Gasteiger partial charge >= 0.3 is 0 Å². The van der Waals surface area contributed by atoms with Crippen LogP contribution in [0.2, 0.25) is 0 Å². The molecule has 3 heterocycles. The van der Waals surface area contributed by atoms with Gasteiger partial charge in [-0.25, -0.2) is 0 Å². The summed E-state index contributed by atoms with van der Waals surface area (Å²) in [4.78, 5) is 0. The zero-order valence-electron chi connectivity index (χ0n) is 23.8. The topological polar surface area (TPSA) is 46.2 Å². The predicted molar refractivity (Wildman–Crippen MR) is 136 cm³/mol. The van der Waals surface area contributed by atoms with Crippen LogP contribution in [0.5, 0.6) is 0 Å². The zero-order valence-corrected chi connectivity index (χ0v) is 23.8. The van der Waals surface area contributed by atoms with Gasteiger partial charge in [-0.1, -0.05) is 69.2 Å². The molecule has 34 heavy (non-hydrogen) atoms. The molecule has 0 aromatic heterocycles. The molecule has 0 aliphatic carbocycles. The quantitative estimate of drug-likeness (QED) is 0.421. The van der Waals surface area contributed by atoms with Crippen LogP contribution in [-0.4, -0.2) is 50.2 Å². The van der Waals surface area contributed by atoms with Crippen LogP contribution >= 0.6 is 0 Å². The molecule has 15 atom stereocenters. The second kappa shape index (κ2) is 11.9. The van der Waals surface area contributed by atoms with Crippen molar-refractivity contribution in [3.8, 4) is 0 Å². The Morgan fingerprint density at radius 1 is 0.441 bits per heavy atom. The molecule has 3 aliphatic heterocycles. The maximum Gasteiger partial charge on any atom is 0.160 e. The third-order valence-corrected chi connectivity index (χ3v) is 10.6. The van der Waals surface area contributed by atoms with E-state index in [2.05, 4.69) is 76.2 Å². The normalized spacial score (nSPS) is 52.5. The number of rotatable bonds is 7. The third kappa shape index (κ3) is 5.85. The highest BCUT2D eigenvalue weighted by Crippen LogP contribution is 2.40. The van der Waals surface area contributed by atoms with Gasteiger partial charge in [0.2, 0.25) is 0 Å². The Hall–Kier alpha value is -0.200. The molecule has 0 amide bonds. The average molecular weight is 483 g/mol. The first-order valence-electron chi connectivity index (χ1n) is 14.2. The molecule has 2 unspecified atom stereocenters. The van der Waals surface area contributed by atoms with Crippen molar-refractivity contribution in [1.29, 1.82) is 0 Å². The summed E-state index contributed by atoms with van der Waals surface area (Å²) in [6.45, 7) is 26.2. The van der Waals surface area contributed by atoms with Gasteiger partial charge in [0, 0.05) is 11.8 Å². The van der Waals surface area contributed by atoms with Gasteiger partial charge < -0.3 is 23.7 Å². The van der Waals surface area contributed by atoms with Crippen LogP contribution in [0.1, 0.15) is 82.6 Å². The van der Waals surface area contributed by atoms with Crippen LogP contribution in [0, 0.1) is 53.3 Å². The van der Waals surface area contributed by atoms with Crippen LogP contribution in [-0.2, 0) is 23.7 Å². The van der Waals surface area contributed by atoms with Crippen molar-refractivity contribution in [2.24, 2.45) is 53.3 Å². The molecule has 3 aliphatic rings. The third-order valence-electron chi connectivity index (χ3n) is 10.6. The summed E-state index contributed by atoms with van der Waals surface area (Å²) in [6.07, 6.45) is 1.28. The van der Waals surface area contributed by atoms with Gasteiger partial charge in [0.05, 0.1) is 37.6 Å². The highest BCUT2D eigenvalue weighted by Gasteiger charge is 2.44. The van der Waals surface area contributed by atoms with Crippen molar-refractivity contribution in [3.05, 3.63) is 0 Å². The fourth-order valence-electron chi connectivity index (χ4n) is 6.35. The van der Waals surface area contributed by atoms with E-state index in [0.717, 1.165) is 6.42 Å². The van der Waals surface area contributed by atoms with E-state index in [1.165, 1.54) is 0 Å². The largest absolute Gasteiger partial charge is 0.372 e. The van der Waals surface area contributed by atoms with E-state index in [-0.39, 0.29) is 37.0 Å². The van der Waals surface area contributed by atoms with Gasteiger partial charge in [0.15, 0.2) is 12.6 Å². The molecule has 3 saturated heterocycles. The van der Waals surface area contributed by atoms with Crippen LogP contribution in [0.3, 0.4) is 0 Å². The summed E-state index contributed by atoms with van der Waals surface area (Å²) >= 11 is 0. The summed E-state index contributed by atoms with van der Waals surface area (Å²) in [6, 6.07) is 0. The first kappa shape index (κ1) is 28.4. The molecule has 0 radical (unpaired) electrons. The van der Waals surface area contributed by atoms with E-state index in [1.807, 2.05) is 0 Å². The summed E-state index contributed by atoms with van der Waals surface area (Å²) in [5, 5.41) is 0. The van der Waals surface area contributed by atoms with Gasteiger partial charge in [-0.2, -0.15) is 0 Å². The van der Waals surface area contributed by atoms with Crippen molar-refractivity contribution >= 4 is 0 Å². The average Bonchev–Trinajstić information content (AvgIpc) is 2.82. The Morgan fingerprint density at radius 3 is 1.29 bits per heavy atom. The number of ether oxygens (including phenoxy) is 5. The summed E-state index contributed by atoms with van der Waals surface area (Å²) < 4.78 is 32.1. The molecular formula is C29H54O5. The smallest absolute Gasteiger partial charge is 0.160 e. The fourth-order valence-corrected chi connectivity index (χ4v) is 6.35. The van der Waals surface area contributed by atoms with E-state index in [4.69, 9.17) is 23.7 Å². The molecule has 5 heteroatoms. The number of hydrogen-bond acceptors (Lipinski definition) is 5. The highest BCUT2D eigenvalue weighted by atomic mass is 16.7. The molecule has 0 aromatic carbocycles. The second-order valence-electron chi connectivity index (χ2n) is 12.3. The SMILES string of the molecule is CC[C@H]1O[C@@H](OCC2O[C@@H](OCC3O[C@@H](C)[C@H](C)[C@@H](C)[C@@H]3C)[C@H](C)[C@@H](C)[C@@H]2C)[C@H](C)[C@@H](C)[C@@H]1C. The Kier molecular flexibility index (Phi) is 9.93. The maximum absolute atomic E-state index is 6.55. The lowest BCUT2D eigenvalue weighted by Gasteiger charge is -2.47. The van der Waals surface area contributed by atoms with Gasteiger partial charge in [-0.3, -0.25) is 0 Å². The first-order chi connectivity index (χ1) is 16.0. The highest BCUT2D eigenvalue weighted by molar-refractivity contribution is 4.87. The first-order valence-corrected chi connectivity index (χ1v) is 14.2. The standard InChI is InChI=1S/C29H54O5/c1-12-25-19(6)16(3)22(9)28(33-25)31-14-27-21(8)17(4)23(10)29(34-27)30-13-26-20(7)15(2)18(5)24(11)32-26/h15-29H,12-14H2,1-11H3/t15-,16+,17+,18-,19+,20+,21+,22-,23-,24+,25-,26?,27?,28-,29-/m1/s1. The summed E-state index contributed by atoms with van der Waals surface area (Å²) in [5.41, 5.74) is 0. The van der Waals surface area contributed by atoms with E-state index in [9.17, 15) is 0 Å². The summed E-state index contributed by atoms with van der Waals surface area (Å²) in [5.74, 6) is 4.39. The van der Waals surface area contributed by atoms with E-state index in [0.29, 0.717) is 66.5 Å². The van der Waals surface area contributed by atoms with E-state index in [1.54, 1.807) is 0 Å². The van der Waals surface area contributed by atoms with Gasteiger partial charge in [0.1, 0.15) is 0 Å². The minimum Gasteiger partial charge on any atom is -0.372 e. The van der Waals surface area contributed by atoms with E-state index < -0.39 is 0 Å². The Morgan fingerprint density at radius 2 is 0.824 bits per heavy atom. The molecule has 5 nitrogen and oxygen atoms in total. The Labute approximate surface area is 210 Å². The van der Waals surface area contributed by atoms with Crippen molar-refractivity contribution in [1.82, 2.24) is 0 Å². The Balaban J connectivity index is 1.58. The minimum atomic E-state index is -0.229. The summed E-state index contributed by atoms with van der Waals surface area (Å²) in [7, 11) is 0. The van der Waals surface area contributed by atoms with Crippen LogP contribution in [0.4, 0.5) is 0 Å². The molecule has 0 spiro atoms. The van der Waals surface area contributed by atoms with Crippen LogP contribution in [0.25, 0.3) is 0 Å². The van der Waals surface area contributed by atoms with Crippen molar-refractivity contribution in [2.45, 2.75) is 120 Å². The molecule has 0 bridgehead atoms. The van der Waals surface area contributed by atoms with Gasteiger partial charge in [0.25, 0.3) is 0 Å². The number of hydrogen-bond donors (Lipinski definition) is 0. The molecule has 3 rings (SSSR count). The van der Waals surface area contributed by atoms with Crippen molar-refractivity contribution in [3.63, 3.8) is 0 Å². The second-order valence-corrected chi connectivity index (χ2v) is 12.3. The molecule has 0 saturated carbocycles. The lowest BCUT2D eigenvalue weighted by atomic mass is 9.77. The van der Waals surface area contributed by atoms with Crippen LogP contribution < -0.4 is 0 Å². The molecule has 3 fully saturated rings. The lowest BCUT2D eigenvalue weighted by Crippen LogP contribution is -2.51. The Bertz CT molecular complexity index is 626. The fraction of sp³-hybridized carbons (Fsp3) is 1.00. The predicted octanol–water partition coefficient (Wildman–Crippen LogP) is 6.39. The van der Waals surface area contributed by atoms with Crippen molar-refractivity contribution < 1.29 is 23.7 Å². The molecular weight excluding hydrogens is 428 g/mol.